The SMILES string of the molecule is COC[C@@H](CO)O[C@H](CO)n1cnc2c(N)ncnc21. The molecule has 0 fully saturated rings. The predicted molar refractivity (Wildman–Crippen MR) is 69.7 cm³/mol. The molecule has 0 aliphatic carbocycles. The van der Waals surface area contributed by atoms with Crippen molar-refractivity contribution in [1.82, 2.24) is 19.5 Å². The lowest BCUT2D eigenvalue weighted by Gasteiger charge is -2.22. The largest absolute Gasteiger partial charge is 0.394 e. The molecule has 0 saturated heterocycles. The molecule has 2 rings (SSSR count). The molecule has 0 unspecified atom stereocenters. The highest BCUT2D eigenvalue weighted by molar-refractivity contribution is 5.81. The van der Waals surface area contributed by atoms with Crippen molar-refractivity contribution in [3.05, 3.63) is 12.7 Å². The maximum absolute atomic E-state index is 9.47. The van der Waals surface area contributed by atoms with Crippen LogP contribution < -0.4 is 5.73 Å². The topological polar surface area (TPSA) is 129 Å². The van der Waals surface area contributed by atoms with Crippen LogP contribution in [-0.2, 0) is 9.47 Å². The van der Waals surface area contributed by atoms with Gasteiger partial charge in [0.15, 0.2) is 17.7 Å². The van der Waals surface area contributed by atoms with Gasteiger partial charge in [-0.3, -0.25) is 4.57 Å². The first kappa shape index (κ1) is 14.6. The maximum atomic E-state index is 9.47. The van der Waals surface area contributed by atoms with E-state index in [1.165, 1.54) is 24.3 Å². The molecule has 0 bridgehead atoms. The van der Waals surface area contributed by atoms with Gasteiger partial charge in [0.1, 0.15) is 17.9 Å². The first-order chi connectivity index (χ1) is 9.71. The van der Waals surface area contributed by atoms with Crippen molar-refractivity contribution in [3.63, 3.8) is 0 Å². The number of anilines is 1. The Morgan fingerprint density at radius 3 is 2.75 bits per heavy atom. The van der Waals surface area contributed by atoms with Gasteiger partial charge in [-0.05, 0) is 0 Å². The minimum absolute atomic E-state index is 0.205. The Bertz CT molecular complexity index is 561. The fourth-order valence-corrected chi connectivity index (χ4v) is 1.82. The highest BCUT2D eigenvalue weighted by Gasteiger charge is 2.20. The van der Waals surface area contributed by atoms with E-state index in [1.54, 1.807) is 0 Å². The molecule has 9 nitrogen and oxygen atoms in total. The molecular weight excluding hydrogens is 266 g/mol. The monoisotopic (exact) mass is 283 g/mol. The van der Waals surface area contributed by atoms with Crippen LogP contribution >= 0.6 is 0 Å². The van der Waals surface area contributed by atoms with Crippen LogP contribution in [-0.4, -0.2) is 62.8 Å². The average molecular weight is 283 g/mol. The number of imidazole rings is 1. The van der Waals surface area contributed by atoms with E-state index >= 15 is 0 Å². The van der Waals surface area contributed by atoms with Gasteiger partial charge in [0.2, 0.25) is 0 Å². The Balaban J connectivity index is 2.27. The van der Waals surface area contributed by atoms with E-state index in [4.69, 9.17) is 15.2 Å². The third-order valence-electron chi connectivity index (χ3n) is 2.76. The van der Waals surface area contributed by atoms with Crippen LogP contribution in [0.1, 0.15) is 6.23 Å². The fourth-order valence-electron chi connectivity index (χ4n) is 1.82. The summed E-state index contributed by atoms with van der Waals surface area (Å²) in [7, 11) is 1.50. The molecule has 9 heteroatoms. The molecule has 4 N–H and O–H groups in total. The second kappa shape index (κ2) is 6.57. The van der Waals surface area contributed by atoms with Crippen molar-refractivity contribution in [2.45, 2.75) is 12.3 Å². The first-order valence-electron chi connectivity index (χ1n) is 6.00. The van der Waals surface area contributed by atoms with Crippen LogP contribution in [0, 0.1) is 0 Å². The van der Waals surface area contributed by atoms with Gasteiger partial charge in [0.25, 0.3) is 0 Å². The molecule has 2 aromatic heterocycles. The van der Waals surface area contributed by atoms with Crippen LogP contribution in [0.3, 0.4) is 0 Å². The van der Waals surface area contributed by atoms with Gasteiger partial charge in [-0.15, -0.1) is 0 Å². The van der Waals surface area contributed by atoms with Gasteiger partial charge < -0.3 is 25.4 Å². The molecule has 20 heavy (non-hydrogen) atoms. The third kappa shape index (κ3) is 2.85. The lowest BCUT2D eigenvalue weighted by atomic mass is 10.4. The molecule has 0 radical (unpaired) electrons. The third-order valence-corrected chi connectivity index (χ3v) is 2.76. The molecule has 2 atom stereocenters. The molecule has 2 aromatic rings. The molecular formula is C11H17N5O4. The number of nitrogens with two attached hydrogens (primary N) is 1. The number of hydrogen-bond donors (Lipinski definition) is 3. The number of nitrogen functional groups attached to an aromatic ring is 1. The van der Waals surface area contributed by atoms with Crippen LogP contribution in [0.5, 0.6) is 0 Å². The van der Waals surface area contributed by atoms with E-state index in [-0.39, 0.29) is 25.6 Å². The zero-order valence-corrected chi connectivity index (χ0v) is 11.0. The standard InChI is InChI=1S/C11H17N5O4/c1-19-4-7(2-17)20-8(3-18)16-6-15-9-10(12)13-5-14-11(9)16/h5-8,17-18H,2-4H2,1H3,(H2,12,13,14)/t7-,8-/m1/s1. The second-order valence-corrected chi connectivity index (χ2v) is 4.12. The summed E-state index contributed by atoms with van der Waals surface area (Å²) in [4.78, 5) is 12.0. The number of rotatable bonds is 7. The fraction of sp³-hybridized carbons (Fsp3) is 0.545. The Hall–Kier alpha value is -1.81. The summed E-state index contributed by atoms with van der Waals surface area (Å²) in [5.41, 5.74) is 6.58. The lowest BCUT2D eigenvalue weighted by Crippen LogP contribution is -2.29. The van der Waals surface area contributed by atoms with Gasteiger partial charge in [-0.2, -0.15) is 0 Å². The summed E-state index contributed by atoms with van der Waals surface area (Å²) in [6, 6.07) is 0. The van der Waals surface area contributed by atoms with E-state index in [9.17, 15) is 10.2 Å². The Morgan fingerprint density at radius 2 is 2.10 bits per heavy atom. The lowest BCUT2D eigenvalue weighted by molar-refractivity contribution is -0.115. The minimum Gasteiger partial charge on any atom is -0.394 e. The average Bonchev–Trinajstić information content (AvgIpc) is 2.89. The zero-order chi connectivity index (χ0) is 14.5. The minimum atomic E-state index is -0.749. The van der Waals surface area contributed by atoms with E-state index < -0.39 is 12.3 Å². The van der Waals surface area contributed by atoms with E-state index in [0.717, 1.165) is 0 Å². The highest BCUT2D eigenvalue weighted by atomic mass is 16.6. The summed E-state index contributed by atoms with van der Waals surface area (Å²) < 4.78 is 12.0. The van der Waals surface area contributed by atoms with Crippen LogP contribution in [0.15, 0.2) is 12.7 Å². The number of aromatic nitrogens is 4. The quantitative estimate of drug-likeness (QED) is 0.585. The van der Waals surface area contributed by atoms with Crippen molar-refractivity contribution in [3.8, 4) is 0 Å². The van der Waals surface area contributed by atoms with Crippen molar-refractivity contribution in [2.75, 3.05) is 32.7 Å². The number of aliphatic hydroxyl groups excluding tert-OH is 2. The number of ether oxygens (including phenoxy) is 2. The summed E-state index contributed by atoms with van der Waals surface area (Å²) >= 11 is 0. The highest BCUT2D eigenvalue weighted by Crippen LogP contribution is 2.20. The number of hydrogen-bond acceptors (Lipinski definition) is 8. The first-order valence-corrected chi connectivity index (χ1v) is 6.00. The molecule has 0 saturated carbocycles. The number of methoxy groups -OCH3 is 1. The Labute approximate surface area is 115 Å². The summed E-state index contributed by atoms with van der Waals surface area (Å²) in [6.07, 6.45) is 1.45. The van der Waals surface area contributed by atoms with Crippen molar-refractivity contribution in [2.24, 2.45) is 0 Å². The van der Waals surface area contributed by atoms with E-state index in [1.807, 2.05) is 0 Å². The summed E-state index contributed by atoms with van der Waals surface area (Å²) in [5, 5.41) is 18.7. The number of fused-ring (bicyclic) bond motifs is 1. The van der Waals surface area contributed by atoms with Crippen LogP contribution in [0.4, 0.5) is 5.82 Å². The van der Waals surface area contributed by atoms with Crippen molar-refractivity contribution < 1.29 is 19.7 Å². The predicted octanol–water partition coefficient (Wildman–Crippen LogP) is -1.08. The summed E-state index contributed by atoms with van der Waals surface area (Å²) in [6.45, 7) is -0.333. The molecule has 0 aliphatic heterocycles. The zero-order valence-electron chi connectivity index (χ0n) is 11.0. The molecule has 0 aromatic carbocycles. The molecule has 0 aliphatic rings. The number of nitrogens with zero attached hydrogens (tertiary/aromatic N) is 4. The molecule has 0 spiro atoms. The normalized spacial score (nSPS) is 14.6. The van der Waals surface area contributed by atoms with E-state index in [0.29, 0.717) is 11.2 Å². The Kier molecular flexibility index (Phi) is 4.79. The van der Waals surface area contributed by atoms with Gasteiger partial charge in [-0.1, -0.05) is 0 Å². The Morgan fingerprint density at radius 1 is 1.30 bits per heavy atom. The van der Waals surface area contributed by atoms with E-state index in [2.05, 4.69) is 15.0 Å². The van der Waals surface area contributed by atoms with Crippen molar-refractivity contribution >= 4 is 17.0 Å². The molecule has 0 amide bonds. The van der Waals surface area contributed by atoms with Crippen LogP contribution in [0.2, 0.25) is 0 Å². The molecule has 2 heterocycles. The second-order valence-electron chi connectivity index (χ2n) is 4.12. The van der Waals surface area contributed by atoms with Gasteiger partial charge >= 0.3 is 0 Å². The summed E-state index contributed by atoms with van der Waals surface area (Å²) in [5.74, 6) is 0.251. The number of aliphatic hydroxyl groups is 2. The van der Waals surface area contributed by atoms with Gasteiger partial charge in [0, 0.05) is 7.11 Å². The molecule has 110 valence electrons. The van der Waals surface area contributed by atoms with Gasteiger partial charge in [0.05, 0.1) is 26.1 Å². The van der Waals surface area contributed by atoms with Crippen LogP contribution in [0.25, 0.3) is 11.2 Å². The maximum Gasteiger partial charge on any atom is 0.167 e. The smallest absolute Gasteiger partial charge is 0.167 e. The van der Waals surface area contributed by atoms with Crippen molar-refractivity contribution in [1.29, 1.82) is 0 Å². The van der Waals surface area contributed by atoms with Gasteiger partial charge in [-0.25, -0.2) is 15.0 Å².